The van der Waals surface area contributed by atoms with Gasteiger partial charge in [0.25, 0.3) is 17.2 Å². The monoisotopic (exact) mass is 408 g/mol. The van der Waals surface area contributed by atoms with Crippen molar-refractivity contribution >= 4 is 17.3 Å². The lowest BCUT2D eigenvalue weighted by Gasteiger charge is -2.08. The molecule has 2 aromatic carbocycles. The number of rotatable bonds is 7. The number of nitrogens with zero attached hydrogens (tertiary/aromatic N) is 2. The van der Waals surface area contributed by atoms with Gasteiger partial charge in [0.05, 0.1) is 12.0 Å². The highest BCUT2D eigenvalue weighted by Crippen LogP contribution is 2.24. The van der Waals surface area contributed by atoms with Gasteiger partial charge in [0.15, 0.2) is 0 Å². The van der Waals surface area contributed by atoms with Crippen LogP contribution < -0.4 is 15.6 Å². The number of anilines is 1. The summed E-state index contributed by atoms with van der Waals surface area (Å²) in [6, 6.07) is 12.8. The Bertz CT molecular complexity index is 1140. The molecule has 1 amide bonds. The summed E-state index contributed by atoms with van der Waals surface area (Å²) in [5.41, 5.74) is 1.07. The Balaban J connectivity index is 1.81. The number of carbonyl (C=O) groups excluding carboxylic acids is 1. The number of methoxy groups -OCH3 is 1. The van der Waals surface area contributed by atoms with E-state index in [4.69, 9.17) is 4.74 Å². The van der Waals surface area contributed by atoms with Gasteiger partial charge in [-0.1, -0.05) is 25.1 Å². The topological polar surface area (TPSA) is 127 Å². The maximum Gasteiger partial charge on any atom is 0.274 e. The van der Waals surface area contributed by atoms with E-state index in [1.807, 2.05) is 19.1 Å². The van der Waals surface area contributed by atoms with Crippen molar-refractivity contribution in [3.05, 3.63) is 91.6 Å². The Morgan fingerprint density at radius 1 is 1.20 bits per heavy atom. The molecule has 0 aliphatic rings. The van der Waals surface area contributed by atoms with E-state index in [0.29, 0.717) is 30.0 Å². The van der Waals surface area contributed by atoms with Crippen molar-refractivity contribution < 1.29 is 14.5 Å². The number of carbonyl (C=O) groups is 1. The highest BCUT2D eigenvalue weighted by Gasteiger charge is 2.16. The summed E-state index contributed by atoms with van der Waals surface area (Å²) in [6.07, 6.45) is 0.811. The second kappa shape index (κ2) is 8.99. The molecule has 30 heavy (non-hydrogen) atoms. The van der Waals surface area contributed by atoms with Crippen molar-refractivity contribution in [2.75, 3.05) is 12.4 Å². The summed E-state index contributed by atoms with van der Waals surface area (Å²) in [4.78, 5) is 42.1. The summed E-state index contributed by atoms with van der Waals surface area (Å²) in [7, 11) is 1.57. The quantitative estimate of drug-likeness (QED) is 0.457. The number of nitro benzene ring substituents is 1. The maximum absolute atomic E-state index is 12.6. The van der Waals surface area contributed by atoms with Crippen molar-refractivity contribution in [3.63, 3.8) is 0 Å². The first-order valence-electron chi connectivity index (χ1n) is 9.21. The van der Waals surface area contributed by atoms with Crippen LogP contribution in [0.5, 0.6) is 5.75 Å². The standard InChI is InChI=1S/C21H20N4O5/c1-3-14-6-7-15(11-18(14)25(28)29)22-21(27)17-12-20(26)24-19(23-17)10-13-4-8-16(30-2)9-5-13/h4-9,11-12H,3,10H2,1-2H3,(H,22,27)(H,23,24,26). The molecule has 0 aliphatic carbocycles. The normalized spacial score (nSPS) is 10.5. The molecule has 1 heterocycles. The second-order valence-electron chi connectivity index (χ2n) is 6.51. The van der Waals surface area contributed by atoms with Crippen LogP contribution in [0.1, 0.15) is 34.4 Å². The predicted molar refractivity (Wildman–Crippen MR) is 111 cm³/mol. The van der Waals surface area contributed by atoms with E-state index in [0.717, 1.165) is 11.6 Å². The van der Waals surface area contributed by atoms with Crippen LogP contribution in [0, 0.1) is 10.1 Å². The lowest BCUT2D eigenvalue weighted by molar-refractivity contribution is -0.385. The number of benzene rings is 2. The zero-order valence-corrected chi connectivity index (χ0v) is 16.5. The average molecular weight is 408 g/mol. The fourth-order valence-electron chi connectivity index (χ4n) is 2.95. The zero-order valence-electron chi connectivity index (χ0n) is 16.5. The van der Waals surface area contributed by atoms with Crippen LogP contribution in [-0.2, 0) is 12.8 Å². The molecule has 0 bridgehead atoms. The van der Waals surface area contributed by atoms with Crippen LogP contribution in [-0.4, -0.2) is 27.9 Å². The van der Waals surface area contributed by atoms with Crippen LogP contribution in [0.4, 0.5) is 11.4 Å². The Morgan fingerprint density at radius 3 is 2.57 bits per heavy atom. The molecule has 9 heteroatoms. The highest BCUT2D eigenvalue weighted by molar-refractivity contribution is 6.03. The molecule has 1 aromatic heterocycles. The van der Waals surface area contributed by atoms with Crippen molar-refractivity contribution in [1.29, 1.82) is 0 Å². The molecule has 0 aliphatic heterocycles. The number of H-pyrrole nitrogens is 1. The van der Waals surface area contributed by atoms with E-state index >= 15 is 0 Å². The van der Waals surface area contributed by atoms with E-state index in [9.17, 15) is 19.7 Å². The van der Waals surface area contributed by atoms with Gasteiger partial charge >= 0.3 is 0 Å². The first kappa shape index (κ1) is 20.7. The third-order valence-corrected chi connectivity index (χ3v) is 4.47. The smallest absolute Gasteiger partial charge is 0.274 e. The molecule has 154 valence electrons. The summed E-state index contributed by atoms with van der Waals surface area (Å²) >= 11 is 0. The van der Waals surface area contributed by atoms with Crippen LogP contribution in [0.25, 0.3) is 0 Å². The van der Waals surface area contributed by atoms with Crippen molar-refractivity contribution in [1.82, 2.24) is 9.97 Å². The minimum absolute atomic E-state index is 0.0747. The van der Waals surface area contributed by atoms with Gasteiger partial charge in [-0.2, -0.15) is 0 Å². The molecule has 0 radical (unpaired) electrons. The molecular weight excluding hydrogens is 388 g/mol. The molecule has 0 saturated carbocycles. The molecule has 0 spiro atoms. The van der Waals surface area contributed by atoms with Crippen molar-refractivity contribution in [2.24, 2.45) is 0 Å². The molecular formula is C21H20N4O5. The average Bonchev–Trinajstić information content (AvgIpc) is 2.73. The zero-order chi connectivity index (χ0) is 21.7. The highest BCUT2D eigenvalue weighted by atomic mass is 16.6. The third-order valence-electron chi connectivity index (χ3n) is 4.47. The number of nitrogens with one attached hydrogen (secondary N) is 2. The fraction of sp³-hybridized carbons (Fsp3) is 0.190. The number of aromatic amines is 1. The summed E-state index contributed by atoms with van der Waals surface area (Å²) in [6.45, 7) is 1.81. The summed E-state index contributed by atoms with van der Waals surface area (Å²) in [5, 5.41) is 13.8. The fourth-order valence-corrected chi connectivity index (χ4v) is 2.95. The van der Waals surface area contributed by atoms with Gasteiger partial charge < -0.3 is 15.0 Å². The second-order valence-corrected chi connectivity index (χ2v) is 6.51. The minimum atomic E-state index is -0.629. The van der Waals surface area contributed by atoms with Crippen LogP contribution in [0.15, 0.2) is 53.3 Å². The van der Waals surface area contributed by atoms with E-state index in [2.05, 4.69) is 15.3 Å². The first-order valence-corrected chi connectivity index (χ1v) is 9.21. The lowest BCUT2D eigenvalue weighted by Crippen LogP contribution is -2.20. The number of ether oxygens (including phenoxy) is 1. The maximum atomic E-state index is 12.6. The Labute approximate surface area is 171 Å². The van der Waals surface area contributed by atoms with E-state index in [-0.39, 0.29) is 17.1 Å². The largest absolute Gasteiger partial charge is 0.497 e. The molecule has 3 aromatic rings. The summed E-state index contributed by atoms with van der Waals surface area (Å²) < 4.78 is 5.11. The molecule has 2 N–H and O–H groups in total. The number of amides is 1. The van der Waals surface area contributed by atoms with Gasteiger partial charge in [0.1, 0.15) is 17.3 Å². The van der Waals surface area contributed by atoms with E-state index < -0.39 is 16.4 Å². The number of aryl methyl sites for hydroxylation is 1. The van der Waals surface area contributed by atoms with Gasteiger partial charge in [-0.3, -0.25) is 19.7 Å². The van der Waals surface area contributed by atoms with Crippen molar-refractivity contribution in [2.45, 2.75) is 19.8 Å². The van der Waals surface area contributed by atoms with E-state index in [1.54, 1.807) is 31.4 Å². The van der Waals surface area contributed by atoms with E-state index in [1.165, 1.54) is 6.07 Å². The number of hydrogen-bond acceptors (Lipinski definition) is 6. The van der Waals surface area contributed by atoms with Gasteiger partial charge in [-0.05, 0) is 30.2 Å². The van der Waals surface area contributed by atoms with Crippen LogP contribution in [0.2, 0.25) is 0 Å². The predicted octanol–water partition coefficient (Wildman–Crippen LogP) is 3.09. The molecule has 0 atom stereocenters. The van der Waals surface area contributed by atoms with Gasteiger partial charge in [0, 0.05) is 29.8 Å². The SMILES string of the molecule is CCc1ccc(NC(=O)c2cc(=O)[nH]c(Cc3ccc(OC)cc3)n2)cc1[N+](=O)[O-]. The lowest BCUT2D eigenvalue weighted by atomic mass is 10.1. The van der Waals surface area contributed by atoms with Gasteiger partial charge in [0.2, 0.25) is 0 Å². The first-order chi connectivity index (χ1) is 14.4. The van der Waals surface area contributed by atoms with Crippen LogP contribution >= 0.6 is 0 Å². The molecule has 0 unspecified atom stereocenters. The number of hydrogen-bond donors (Lipinski definition) is 2. The molecule has 0 saturated heterocycles. The number of nitro groups is 1. The van der Waals surface area contributed by atoms with Gasteiger partial charge in [-0.25, -0.2) is 4.98 Å². The summed E-state index contributed by atoms with van der Waals surface area (Å²) in [5.74, 6) is 0.400. The van der Waals surface area contributed by atoms with Gasteiger partial charge in [-0.15, -0.1) is 0 Å². The Hall–Kier alpha value is -4.01. The Morgan fingerprint density at radius 2 is 1.93 bits per heavy atom. The number of aromatic nitrogens is 2. The molecule has 3 rings (SSSR count). The van der Waals surface area contributed by atoms with Crippen LogP contribution in [0.3, 0.4) is 0 Å². The minimum Gasteiger partial charge on any atom is -0.497 e. The molecule has 9 nitrogen and oxygen atoms in total. The Kier molecular flexibility index (Phi) is 6.21. The third kappa shape index (κ3) is 4.88. The van der Waals surface area contributed by atoms with Crippen molar-refractivity contribution in [3.8, 4) is 5.75 Å². The molecule has 0 fully saturated rings.